The van der Waals surface area contributed by atoms with Gasteiger partial charge in [0.25, 0.3) is 0 Å². The third-order valence-corrected chi connectivity index (χ3v) is 1.15. The van der Waals surface area contributed by atoms with Crippen LogP contribution in [0.15, 0.2) is 12.2 Å². The number of esters is 1. The zero-order valence-electron chi connectivity index (χ0n) is 6.37. The fourth-order valence-corrected chi connectivity index (χ4v) is 0.456. The molecule has 0 amide bonds. The third-order valence-electron chi connectivity index (χ3n) is 1.15. The molecule has 0 bridgehead atoms. The van der Waals surface area contributed by atoms with Gasteiger partial charge in [0.05, 0.1) is 6.61 Å². The van der Waals surface area contributed by atoms with Gasteiger partial charge in [0.1, 0.15) is 12.7 Å². The first kappa shape index (κ1) is 10.8. The number of rotatable bonds is 3. The van der Waals surface area contributed by atoms with E-state index in [0.29, 0.717) is 18.8 Å². The Morgan fingerprint density at radius 2 is 2.36 bits per heavy atom. The van der Waals surface area contributed by atoms with Crippen LogP contribution in [0, 0.1) is 0 Å². The first-order valence-electron chi connectivity index (χ1n) is 3.14. The molecule has 0 aromatic rings. The van der Waals surface area contributed by atoms with Gasteiger partial charge in [-0.3, -0.25) is 0 Å². The zero-order chi connectivity index (χ0) is 7.56. The molecule has 1 aliphatic rings. The van der Waals surface area contributed by atoms with Crippen molar-refractivity contribution >= 4 is 5.97 Å². The van der Waals surface area contributed by atoms with Crippen LogP contribution in [-0.4, -0.2) is 25.3 Å². The standard InChI is InChI=1S/C7H10O3.V/c1-5(2)7(8)10-4-6-3-9-6;/h6H,1,3-4H2,2H3;. The maximum atomic E-state index is 10.7. The van der Waals surface area contributed by atoms with Crippen LogP contribution < -0.4 is 0 Å². The first-order chi connectivity index (χ1) is 4.70. The summed E-state index contributed by atoms with van der Waals surface area (Å²) in [5.41, 5.74) is 0.431. The molecule has 1 fully saturated rings. The Bertz CT molecular complexity index is 163. The van der Waals surface area contributed by atoms with E-state index in [2.05, 4.69) is 6.58 Å². The average molecular weight is 193 g/mol. The summed E-state index contributed by atoms with van der Waals surface area (Å²) in [5.74, 6) is -0.337. The smallest absolute Gasteiger partial charge is 0.333 e. The summed E-state index contributed by atoms with van der Waals surface area (Å²) < 4.78 is 9.60. The van der Waals surface area contributed by atoms with Gasteiger partial charge in [0, 0.05) is 24.1 Å². The molecule has 0 aromatic heterocycles. The summed E-state index contributed by atoms with van der Waals surface area (Å²) in [6.07, 6.45) is 0.142. The summed E-state index contributed by atoms with van der Waals surface area (Å²) in [4.78, 5) is 10.7. The van der Waals surface area contributed by atoms with Gasteiger partial charge in [-0.2, -0.15) is 0 Å². The molecule has 4 heteroatoms. The number of ether oxygens (including phenoxy) is 2. The van der Waals surface area contributed by atoms with E-state index in [-0.39, 0.29) is 30.6 Å². The van der Waals surface area contributed by atoms with Gasteiger partial charge in [-0.1, -0.05) is 6.58 Å². The second kappa shape index (κ2) is 4.60. The Labute approximate surface area is 77.6 Å². The van der Waals surface area contributed by atoms with Crippen molar-refractivity contribution in [1.29, 1.82) is 0 Å². The van der Waals surface area contributed by atoms with Crippen molar-refractivity contribution in [2.75, 3.05) is 13.2 Å². The maximum Gasteiger partial charge on any atom is 0.333 e. The molecule has 0 N–H and O–H groups in total. The SMILES string of the molecule is C=C(C)C(=O)OCC1CO1.[V]. The third kappa shape index (κ3) is 4.25. The minimum atomic E-state index is -0.337. The van der Waals surface area contributed by atoms with Crippen LogP contribution in [0.2, 0.25) is 0 Å². The van der Waals surface area contributed by atoms with E-state index >= 15 is 0 Å². The molecular formula is C7H10O3V. The number of hydrogen-bond donors (Lipinski definition) is 0. The molecular weight excluding hydrogens is 183 g/mol. The van der Waals surface area contributed by atoms with Crippen molar-refractivity contribution in [3.05, 3.63) is 12.2 Å². The average Bonchev–Trinajstić information content (AvgIpc) is 2.64. The van der Waals surface area contributed by atoms with Crippen molar-refractivity contribution < 1.29 is 32.8 Å². The van der Waals surface area contributed by atoms with Crippen LogP contribution >= 0.6 is 0 Å². The topological polar surface area (TPSA) is 38.8 Å². The predicted molar refractivity (Wildman–Crippen MR) is 35.5 cm³/mol. The van der Waals surface area contributed by atoms with Gasteiger partial charge in [0.2, 0.25) is 0 Å². The van der Waals surface area contributed by atoms with Gasteiger partial charge >= 0.3 is 5.97 Å². The fourth-order valence-electron chi connectivity index (χ4n) is 0.456. The van der Waals surface area contributed by atoms with Crippen LogP contribution in [0.1, 0.15) is 6.92 Å². The molecule has 1 radical (unpaired) electrons. The predicted octanol–water partition coefficient (Wildman–Crippen LogP) is 0.502. The Kier molecular flexibility index (Phi) is 4.49. The van der Waals surface area contributed by atoms with Crippen molar-refractivity contribution in [3.63, 3.8) is 0 Å². The van der Waals surface area contributed by atoms with E-state index in [1.165, 1.54) is 0 Å². The zero-order valence-corrected chi connectivity index (χ0v) is 7.77. The molecule has 1 rings (SSSR count). The number of carbonyl (C=O) groups is 1. The molecule has 0 spiro atoms. The van der Waals surface area contributed by atoms with E-state index in [1.807, 2.05) is 0 Å². The molecule has 1 unspecified atom stereocenters. The minimum absolute atomic E-state index is 0. The number of epoxide rings is 1. The van der Waals surface area contributed by atoms with Crippen LogP contribution in [0.25, 0.3) is 0 Å². The molecule has 3 nitrogen and oxygen atoms in total. The van der Waals surface area contributed by atoms with Crippen LogP contribution in [0.4, 0.5) is 0 Å². The van der Waals surface area contributed by atoms with Crippen molar-refractivity contribution in [2.24, 2.45) is 0 Å². The van der Waals surface area contributed by atoms with E-state index in [0.717, 1.165) is 0 Å². The maximum absolute atomic E-state index is 10.7. The number of hydrogen-bond acceptors (Lipinski definition) is 3. The molecule has 0 aromatic carbocycles. The normalized spacial score (nSPS) is 19.9. The Balaban J connectivity index is 0.000001000. The second-order valence-corrected chi connectivity index (χ2v) is 2.33. The molecule has 0 aliphatic carbocycles. The summed E-state index contributed by atoms with van der Waals surface area (Å²) in [6, 6.07) is 0. The molecule has 61 valence electrons. The van der Waals surface area contributed by atoms with Gasteiger partial charge in [-0.05, 0) is 6.92 Å². The largest absolute Gasteiger partial charge is 0.459 e. The molecule has 1 atom stereocenters. The first-order valence-corrected chi connectivity index (χ1v) is 3.14. The monoisotopic (exact) mass is 193 g/mol. The van der Waals surface area contributed by atoms with Crippen LogP contribution in [0.3, 0.4) is 0 Å². The summed E-state index contributed by atoms with van der Waals surface area (Å²) in [7, 11) is 0. The van der Waals surface area contributed by atoms with Gasteiger partial charge < -0.3 is 9.47 Å². The number of carbonyl (C=O) groups excluding carboxylic acids is 1. The Hall–Kier alpha value is -0.246. The van der Waals surface area contributed by atoms with Crippen LogP contribution in [0.5, 0.6) is 0 Å². The van der Waals surface area contributed by atoms with Crippen molar-refractivity contribution in [2.45, 2.75) is 13.0 Å². The summed E-state index contributed by atoms with van der Waals surface area (Å²) >= 11 is 0. The van der Waals surface area contributed by atoms with E-state index in [9.17, 15) is 4.79 Å². The molecule has 0 saturated carbocycles. The minimum Gasteiger partial charge on any atom is -0.459 e. The van der Waals surface area contributed by atoms with E-state index in [1.54, 1.807) is 6.92 Å². The van der Waals surface area contributed by atoms with Gasteiger partial charge in [0.15, 0.2) is 0 Å². The molecule has 1 saturated heterocycles. The molecule has 1 heterocycles. The van der Waals surface area contributed by atoms with Crippen molar-refractivity contribution in [3.8, 4) is 0 Å². The Morgan fingerprint density at radius 1 is 1.82 bits per heavy atom. The molecule has 11 heavy (non-hydrogen) atoms. The van der Waals surface area contributed by atoms with E-state index < -0.39 is 0 Å². The van der Waals surface area contributed by atoms with Crippen LogP contribution in [-0.2, 0) is 32.8 Å². The summed E-state index contributed by atoms with van der Waals surface area (Å²) in [6.45, 7) is 6.14. The van der Waals surface area contributed by atoms with E-state index in [4.69, 9.17) is 9.47 Å². The van der Waals surface area contributed by atoms with Crippen molar-refractivity contribution in [1.82, 2.24) is 0 Å². The summed E-state index contributed by atoms with van der Waals surface area (Å²) in [5, 5.41) is 0. The second-order valence-electron chi connectivity index (χ2n) is 2.33. The Morgan fingerprint density at radius 3 is 2.73 bits per heavy atom. The fraction of sp³-hybridized carbons (Fsp3) is 0.571. The van der Waals surface area contributed by atoms with Gasteiger partial charge in [-0.25, -0.2) is 4.79 Å². The van der Waals surface area contributed by atoms with Gasteiger partial charge in [-0.15, -0.1) is 0 Å². The quantitative estimate of drug-likeness (QED) is 0.372. The molecule has 1 aliphatic heterocycles.